The number of rotatable bonds is 3. The van der Waals surface area contributed by atoms with Crippen molar-refractivity contribution in [2.75, 3.05) is 12.8 Å². The maximum atomic E-state index is 5.94. The van der Waals surface area contributed by atoms with Crippen LogP contribution in [-0.4, -0.2) is 12.3 Å². The van der Waals surface area contributed by atoms with E-state index in [2.05, 4.69) is 5.16 Å². The van der Waals surface area contributed by atoms with Gasteiger partial charge in [0.2, 0.25) is 5.76 Å². The van der Waals surface area contributed by atoms with Crippen LogP contribution in [0.25, 0.3) is 22.6 Å². The first-order chi connectivity index (χ1) is 9.70. The second kappa shape index (κ2) is 4.77. The van der Waals surface area contributed by atoms with Gasteiger partial charge in [0, 0.05) is 5.56 Å². The van der Waals surface area contributed by atoms with Gasteiger partial charge < -0.3 is 19.4 Å². The van der Waals surface area contributed by atoms with Gasteiger partial charge in [-0.1, -0.05) is 23.4 Å². The van der Waals surface area contributed by atoms with Crippen LogP contribution in [-0.2, 0) is 0 Å². The molecule has 5 heteroatoms. The zero-order valence-corrected chi connectivity index (χ0v) is 11.2. The molecule has 0 fully saturated rings. The highest BCUT2D eigenvalue weighted by molar-refractivity contribution is 5.87. The predicted octanol–water partition coefficient (Wildman–Crippen LogP) is 3.50. The molecule has 0 aliphatic rings. The van der Waals surface area contributed by atoms with E-state index in [1.54, 1.807) is 7.11 Å². The maximum Gasteiger partial charge on any atom is 0.212 e. The third-order valence-corrected chi connectivity index (χ3v) is 3.06. The van der Waals surface area contributed by atoms with Gasteiger partial charge in [0.1, 0.15) is 11.5 Å². The molecule has 2 heterocycles. The minimum absolute atomic E-state index is 0.304. The molecule has 0 radical (unpaired) electrons. The Morgan fingerprint density at radius 1 is 1.15 bits per heavy atom. The van der Waals surface area contributed by atoms with E-state index in [1.807, 2.05) is 43.3 Å². The van der Waals surface area contributed by atoms with Crippen molar-refractivity contribution in [3.63, 3.8) is 0 Å². The van der Waals surface area contributed by atoms with Crippen molar-refractivity contribution in [1.29, 1.82) is 0 Å². The number of nitrogen functional groups attached to an aromatic ring is 1. The second-order valence-electron chi connectivity index (χ2n) is 4.38. The highest BCUT2D eigenvalue weighted by Gasteiger charge is 2.22. The fourth-order valence-electron chi connectivity index (χ4n) is 2.14. The van der Waals surface area contributed by atoms with Gasteiger partial charge in [-0.2, -0.15) is 0 Å². The van der Waals surface area contributed by atoms with Gasteiger partial charge in [0.25, 0.3) is 0 Å². The topological polar surface area (TPSA) is 74.4 Å². The lowest BCUT2D eigenvalue weighted by molar-refractivity contribution is 0.414. The van der Waals surface area contributed by atoms with Gasteiger partial charge in [-0.15, -0.1) is 0 Å². The molecule has 0 unspecified atom stereocenters. The molecule has 0 spiro atoms. The van der Waals surface area contributed by atoms with E-state index in [9.17, 15) is 0 Å². The van der Waals surface area contributed by atoms with Crippen molar-refractivity contribution >= 4 is 5.82 Å². The first-order valence-corrected chi connectivity index (χ1v) is 6.16. The van der Waals surface area contributed by atoms with Gasteiger partial charge >= 0.3 is 0 Å². The second-order valence-corrected chi connectivity index (χ2v) is 4.38. The summed E-state index contributed by atoms with van der Waals surface area (Å²) < 4.78 is 16.3. The lowest BCUT2D eigenvalue weighted by Gasteiger charge is -2.07. The summed E-state index contributed by atoms with van der Waals surface area (Å²) in [7, 11) is 1.61. The first-order valence-electron chi connectivity index (χ1n) is 6.16. The Hall–Kier alpha value is -2.69. The van der Waals surface area contributed by atoms with Gasteiger partial charge in [-0.25, -0.2) is 0 Å². The number of hydrogen-bond donors (Lipinski definition) is 1. The molecule has 0 saturated heterocycles. The lowest BCUT2D eigenvalue weighted by atomic mass is 10.0. The number of furan rings is 1. The summed E-state index contributed by atoms with van der Waals surface area (Å²) in [5.41, 5.74) is 7.43. The van der Waals surface area contributed by atoms with E-state index in [4.69, 9.17) is 19.4 Å². The molecule has 0 aliphatic carbocycles. The number of para-hydroxylation sites is 1. The van der Waals surface area contributed by atoms with Crippen LogP contribution in [0.15, 0.2) is 45.3 Å². The monoisotopic (exact) mass is 270 g/mol. The van der Waals surface area contributed by atoms with E-state index in [0.717, 1.165) is 11.3 Å². The Kier molecular flexibility index (Phi) is 2.95. The molecular formula is C15H14N2O3. The third kappa shape index (κ3) is 1.93. The minimum atomic E-state index is 0.304. The van der Waals surface area contributed by atoms with Crippen LogP contribution >= 0.6 is 0 Å². The number of nitrogens with zero attached hydrogens (tertiary/aromatic N) is 1. The quantitative estimate of drug-likeness (QED) is 0.788. The van der Waals surface area contributed by atoms with Crippen molar-refractivity contribution in [3.8, 4) is 28.4 Å². The molecule has 20 heavy (non-hydrogen) atoms. The Morgan fingerprint density at radius 3 is 2.65 bits per heavy atom. The van der Waals surface area contributed by atoms with Crippen LogP contribution in [0.4, 0.5) is 5.82 Å². The fourth-order valence-corrected chi connectivity index (χ4v) is 2.14. The van der Waals surface area contributed by atoms with Crippen molar-refractivity contribution in [1.82, 2.24) is 5.16 Å². The van der Waals surface area contributed by atoms with Gasteiger partial charge in [-0.3, -0.25) is 0 Å². The van der Waals surface area contributed by atoms with E-state index in [1.165, 1.54) is 0 Å². The van der Waals surface area contributed by atoms with E-state index >= 15 is 0 Å². The number of nitrogens with two attached hydrogens (primary N) is 1. The summed E-state index contributed by atoms with van der Waals surface area (Å²) in [6.45, 7) is 1.87. The maximum absolute atomic E-state index is 5.94. The van der Waals surface area contributed by atoms with Crippen LogP contribution in [0.2, 0.25) is 0 Å². The third-order valence-electron chi connectivity index (χ3n) is 3.06. The Balaban J connectivity index is 2.21. The summed E-state index contributed by atoms with van der Waals surface area (Å²) >= 11 is 0. The molecule has 2 aromatic heterocycles. The largest absolute Gasteiger partial charge is 0.496 e. The molecule has 102 valence electrons. The summed E-state index contributed by atoms with van der Waals surface area (Å²) in [6, 6.07) is 11.2. The van der Waals surface area contributed by atoms with Crippen LogP contribution in [0.1, 0.15) is 5.76 Å². The summed E-state index contributed by atoms with van der Waals surface area (Å²) in [5, 5.41) is 3.84. The first kappa shape index (κ1) is 12.3. The van der Waals surface area contributed by atoms with Crippen molar-refractivity contribution < 1.29 is 13.7 Å². The highest BCUT2D eigenvalue weighted by atomic mass is 16.5. The Morgan fingerprint density at radius 2 is 1.95 bits per heavy atom. The molecule has 0 saturated carbocycles. The van der Waals surface area contributed by atoms with E-state index < -0.39 is 0 Å². The lowest BCUT2D eigenvalue weighted by Crippen LogP contribution is -1.92. The number of aryl methyl sites for hydroxylation is 1. The fraction of sp³-hybridized carbons (Fsp3) is 0.133. The molecule has 3 rings (SSSR count). The normalized spacial score (nSPS) is 10.7. The predicted molar refractivity (Wildman–Crippen MR) is 75.3 cm³/mol. The molecule has 1 aromatic carbocycles. The summed E-state index contributed by atoms with van der Waals surface area (Å²) in [4.78, 5) is 0. The number of benzene rings is 1. The average molecular weight is 270 g/mol. The SMILES string of the molecule is COc1ccccc1-c1c(N)noc1-c1ccc(C)o1. The van der Waals surface area contributed by atoms with Gasteiger partial charge in [-0.05, 0) is 25.1 Å². The summed E-state index contributed by atoms with van der Waals surface area (Å²) in [6.07, 6.45) is 0. The van der Waals surface area contributed by atoms with Crippen molar-refractivity contribution in [3.05, 3.63) is 42.2 Å². The highest BCUT2D eigenvalue weighted by Crippen LogP contribution is 2.41. The Bertz CT molecular complexity index is 743. The molecular weight excluding hydrogens is 256 g/mol. The molecule has 0 atom stereocenters. The number of methoxy groups -OCH3 is 1. The molecule has 0 aliphatic heterocycles. The number of anilines is 1. The average Bonchev–Trinajstić information content (AvgIpc) is 3.04. The Labute approximate surface area is 115 Å². The standard InChI is InChI=1S/C15H14N2O3/c1-9-7-8-12(19-9)14-13(15(16)17-20-14)10-5-3-4-6-11(10)18-2/h3-8H,1-2H3,(H2,16,17). The molecule has 5 nitrogen and oxygen atoms in total. The van der Waals surface area contributed by atoms with Crippen molar-refractivity contribution in [2.45, 2.75) is 6.92 Å². The molecule has 3 aromatic rings. The molecule has 0 bridgehead atoms. The van der Waals surface area contributed by atoms with E-state index in [0.29, 0.717) is 28.7 Å². The van der Waals surface area contributed by atoms with Crippen LogP contribution in [0, 0.1) is 6.92 Å². The smallest absolute Gasteiger partial charge is 0.212 e. The van der Waals surface area contributed by atoms with Gasteiger partial charge in [0.15, 0.2) is 11.6 Å². The minimum Gasteiger partial charge on any atom is -0.496 e. The zero-order chi connectivity index (χ0) is 14.1. The number of hydrogen-bond acceptors (Lipinski definition) is 5. The van der Waals surface area contributed by atoms with Crippen molar-refractivity contribution in [2.24, 2.45) is 0 Å². The molecule has 0 amide bonds. The van der Waals surface area contributed by atoms with Gasteiger partial charge in [0.05, 0.1) is 12.7 Å². The van der Waals surface area contributed by atoms with E-state index in [-0.39, 0.29) is 0 Å². The number of ether oxygens (including phenoxy) is 1. The number of aromatic nitrogens is 1. The van der Waals surface area contributed by atoms with Crippen LogP contribution < -0.4 is 10.5 Å². The molecule has 2 N–H and O–H groups in total. The summed E-state index contributed by atoms with van der Waals surface area (Å²) in [5.74, 6) is 2.89. The van der Waals surface area contributed by atoms with Crippen LogP contribution in [0.3, 0.4) is 0 Å². The van der Waals surface area contributed by atoms with Crippen LogP contribution in [0.5, 0.6) is 5.75 Å². The zero-order valence-electron chi connectivity index (χ0n) is 11.2.